The maximum Gasteiger partial charge on any atom is 0.258 e. The Morgan fingerprint density at radius 2 is 1.63 bits per heavy atom. The average Bonchev–Trinajstić information content (AvgIpc) is 3.26. The predicted octanol–water partition coefficient (Wildman–Crippen LogP) is 6.05. The van der Waals surface area contributed by atoms with Crippen molar-refractivity contribution in [3.05, 3.63) is 113 Å². The van der Waals surface area contributed by atoms with Crippen LogP contribution in [-0.2, 0) is 22.6 Å². The molecule has 4 aromatic rings. The van der Waals surface area contributed by atoms with Crippen molar-refractivity contribution in [1.29, 1.82) is 0 Å². The zero-order valence-corrected chi connectivity index (χ0v) is 23.8. The Morgan fingerprint density at radius 1 is 0.902 bits per heavy atom. The maximum atomic E-state index is 13.9. The molecule has 6 heteroatoms. The first kappa shape index (κ1) is 28.1. The van der Waals surface area contributed by atoms with Crippen LogP contribution in [0.15, 0.2) is 91.0 Å². The molecule has 0 saturated heterocycles. The minimum Gasteiger partial charge on any atom is -0.354 e. The summed E-state index contributed by atoms with van der Waals surface area (Å²) in [5, 5.41) is 5.04. The van der Waals surface area contributed by atoms with Crippen molar-refractivity contribution in [2.75, 3.05) is 18.0 Å². The molecule has 0 aliphatic carbocycles. The van der Waals surface area contributed by atoms with E-state index in [9.17, 15) is 14.4 Å². The van der Waals surface area contributed by atoms with Crippen molar-refractivity contribution in [1.82, 2.24) is 10.2 Å². The van der Waals surface area contributed by atoms with E-state index in [4.69, 9.17) is 0 Å². The molecule has 4 aromatic carbocycles. The van der Waals surface area contributed by atoms with E-state index in [-0.39, 0.29) is 24.1 Å². The van der Waals surface area contributed by atoms with Crippen LogP contribution < -0.4 is 10.2 Å². The summed E-state index contributed by atoms with van der Waals surface area (Å²) in [4.78, 5) is 44.2. The Balaban J connectivity index is 1.37. The molecular formula is C35H37N3O3. The Kier molecular flexibility index (Phi) is 8.78. The van der Waals surface area contributed by atoms with E-state index in [1.807, 2.05) is 98.8 Å². The third-order valence-electron chi connectivity index (χ3n) is 7.68. The van der Waals surface area contributed by atoms with E-state index in [1.54, 1.807) is 9.80 Å². The van der Waals surface area contributed by atoms with E-state index >= 15 is 0 Å². The van der Waals surface area contributed by atoms with Crippen LogP contribution in [0.1, 0.15) is 53.2 Å². The minimum absolute atomic E-state index is 0.0261. The summed E-state index contributed by atoms with van der Waals surface area (Å²) >= 11 is 0. The van der Waals surface area contributed by atoms with Crippen LogP contribution in [0.3, 0.4) is 0 Å². The molecule has 5 rings (SSSR count). The number of hydrogen-bond donors (Lipinski definition) is 1. The standard InChI is InChI=1S/C35H37N3O3/c1-3-20-36-34(40)31(23-26-12-5-4-6-13-26)38(24-27-14-7-11-25(2)22-27)32(39)19-10-21-37-30-18-9-16-28-15-8-17-29(33(28)30)35(37)41/h4-9,11-18,22,31H,3,10,19-21,23-24H2,1-2H3,(H,36,40)/t31-/m0/s1. The first-order chi connectivity index (χ1) is 20.0. The van der Waals surface area contributed by atoms with Crippen molar-refractivity contribution in [3.8, 4) is 0 Å². The molecule has 0 bridgehead atoms. The number of nitrogens with one attached hydrogen (secondary N) is 1. The van der Waals surface area contributed by atoms with Gasteiger partial charge in [-0.15, -0.1) is 0 Å². The average molecular weight is 548 g/mol. The Morgan fingerprint density at radius 3 is 2.39 bits per heavy atom. The van der Waals surface area contributed by atoms with Crippen LogP contribution in [0.4, 0.5) is 5.69 Å². The smallest absolute Gasteiger partial charge is 0.258 e. The van der Waals surface area contributed by atoms with E-state index < -0.39 is 6.04 Å². The van der Waals surface area contributed by atoms with Crippen molar-refractivity contribution in [3.63, 3.8) is 0 Å². The summed E-state index contributed by atoms with van der Waals surface area (Å²) in [5.74, 6) is -0.267. The fraction of sp³-hybridized carbons (Fsp3) is 0.286. The summed E-state index contributed by atoms with van der Waals surface area (Å²) in [6.45, 7) is 5.37. The summed E-state index contributed by atoms with van der Waals surface area (Å²) in [5.41, 5.74) is 4.69. The lowest BCUT2D eigenvalue weighted by Gasteiger charge is -2.32. The van der Waals surface area contributed by atoms with Crippen LogP contribution >= 0.6 is 0 Å². The van der Waals surface area contributed by atoms with E-state index in [2.05, 4.69) is 11.4 Å². The molecule has 1 heterocycles. The van der Waals surface area contributed by atoms with Crippen LogP contribution in [0.2, 0.25) is 0 Å². The fourth-order valence-corrected chi connectivity index (χ4v) is 5.66. The number of nitrogens with zero attached hydrogens (tertiary/aromatic N) is 2. The number of carbonyl (C=O) groups is 3. The molecule has 1 N–H and O–H groups in total. The first-order valence-corrected chi connectivity index (χ1v) is 14.5. The van der Waals surface area contributed by atoms with E-state index in [0.29, 0.717) is 38.0 Å². The molecule has 1 aliphatic rings. The van der Waals surface area contributed by atoms with Gasteiger partial charge in [0.05, 0.1) is 5.69 Å². The number of rotatable bonds is 12. The van der Waals surface area contributed by atoms with Gasteiger partial charge < -0.3 is 15.1 Å². The second kappa shape index (κ2) is 12.8. The van der Waals surface area contributed by atoms with Gasteiger partial charge in [0.25, 0.3) is 5.91 Å². The van der Waals surface area contributed by atoms with Gasteiger partial charge >= 0.3 is 0 Å². The van der Waals surface area contributed by atoms with E-state index in [0.717, 1.165) is 39.6 Å². The monoisotopic (exact) mass is 547 g/mol. The largest absolute Gasteiger partial charge is 0.354 e. The third-order valence-corrected chi connectivity index (χ3v) is 7.68. The zero-order chi connectivity index (χ0) is 28.8. The first-order valence-electron chi connectivity index (χ1n) is 14.5. The highest BCUT2D eigenvalue weighted by molar-refractivity contribution is 6.25. The lowest BCUT2D eigenvalue weighted by atomic mass is 10.0. The molecule has 6 nitrogen and oxygen atoms in total. The van der Waals surface area contributed by atoms with Gasteiger partial charge in [-0.25, -0.2) is 0 Å². The zero-order valence-electron chi connectivity index (χ0n) is 23.8. The highest BCUT2D eigenvalue weighted by Crippen LogP contribution is 2.37. The molecular weight excluding hydrogens is 510 g/mol. The molecule has 3 amide bonds. The van der Waals surface area contributed by atoms with Crippen molar-refractivity contribution < 1.29 is 14.4 Å². The number of hydrogen-bond acceptors (Lipinski definition) is 3. The number of benzene rings is 4. The Labute approximate surface area is 242 Å². The van der Waals surface area contributed by atoms with Gasteiger partial charge in [-0.1, -0.05) is 91.3 Å². The van der Waals surface area contributed by atoms with Crippen molar-refractivity contribution in [2.24, 2.45) is 0 Å². The lowest BCUT2D eigenvalue weighted by molar-refractivity contribution is -0.141. The summed E-state index contributed by atoms with van der Waals surface area (Å²) in [6.07, 6.45) is 1.96. The summed E-state index contributed by atoms with van der Waals surface area (Å²) in [6, 6.07) is 29.0. The van der Waals surface area contributed by atoms with Gasteiger partial charge in [0.1, 0.15) is 6.04 Å². The minimum atomic E-state index is -0.650. The summed E-state index contributed by atoms with van der Waals surface area (Å²) < 4.78 is 0. The van der Waals surface area contributed by atoms with Crippen LogP contribution in [-0.4, -0.2) is 41.8 Å². The maximum absolute atomic E-state index is 13.9. The molecule has 0 aromatic heterocycles. The van der Waals surface area contributed by atoms with Gasteiger partial charge in [-0.05, 0) is 48.4 Å². The fourth-order valence-electron chi connectivity index (χ4n) is 5.66. The highest BCUT2D eigenvalue weighted by Gasteiger charge is 2.32. The molecule has 0 fully saturated rings. The quantitative estimate of drug-likeness (QED) is 0.235. The molecule has 1 atom stereocenters. The Bertz CT molecular complexity index is 1540. The number of anilines is 1. The van der Waals surface area contributed by atoms with Gasteiger partial charge in [0, 0.05) is 43.4 Å². The molecule has 210 valence electrons. The predicted molar refractivity (Wildman–Crippen MR) is 164 cm³/mol. The number of aryl methyl sites for hydroxylation is 1. The van der Waals surface area contributed by atoms with Gasteiger partial charge in [0.2, 0.25) is 11.8 Å². The molecule has 0 radical (unpaired) electrons. The van der Waals surface area contributed by atoms with Crippen molar-refractivity contribution >= 4 is 34.2 Å². The number of carbonyl (C=O) groups excluding carboxylic acids is 3. The van der Waals surface area contributed by atoms with Crippen LogP contribution in [0.25, 0.3) is 10.8 Å². The van der Waals surface area contributed by atoms with E-state index in [1.165, 1.54) is 0 Å². The molecule has 0 unspecified atom stereocenters. The number of amides is 3. The van der Waals surface area contributed by atoms with Gasteiger partial charge in [-0.2, -0.15) is 0 Å². The van der Waals surface area contributed by atoms with Crippen LogP contribution in [0.5, 0.6) is 0 Å². The SMILES string of the molecule is CCCNC(=O)[C@H](Cc1ccccc1)N(Cc1cccc(C)c1)C(=O)CCCN1C(=O)c2cccc3cccc1c23. The van der Waals surface area contributed by atoms with Gasteiger partial charge in [-0.3, -0.25) is 14.4 Å². The summed E-state index contributed by atoms with van der Waals surface area (Å²) in [7, 11) is 0. The van der Waals surface area contributed by atoms with Crippen molar-refractivity contribution in [2.45, 2.75) is 52.1 Å². The molecule has 0 spiro atoms. The highest BCUT2D eigenvalue weighted by atomic mass is 16.2. The van der Waals surface area contributed by atoms with Gasteiger partial charge in [0.15, 0.2) is 0 Å². The third kappa shape index (κ3) is 6.32. The van der Waals surface area contributed by atoms with Crippen LogP contribution in [0, 0.1) is 6.92 Å². The second-order valence-corrected chi connectivity index (χ2v) is 10.7. The molecule has 1 aliphatic heterocycles. The normalized spacial score (nSPS) is 12.9. The Hall–Kier alpha value is -4.45. The lowest BCUT2D eigenvalue weighted by Crippen LogP contribution is -2.50. The molecule has 0 saturated carbocycles. The second-order valence-electron chi connectivity index (χ2n) is 10.7. The molecule has 41 heavy (non-hydrogen) atoms. The topological polar surface area (TPSA) is 69.7 Å².